The zero-order valence-corrected chi connectivity index (χ0v) is 23.6. The molecule has 9 nitrogen and oxygen atoms in total. The Balaban J connectivity index is 1.20. The smallest absolute Gasteiger partial charge is 0.407 e. The predicted molar refractivity (Wildman–Crippen MR) is 151 cm³/mol. The van der Waals surface area contributed by atoms with E-state index < -0.39 is 5.60 Å². The lowest BCUT2D eigenvalue weighted by atomic mass is 9.73. The summed E-state index contributed by atoms with van der Waals surface area (Å²) in [5, 5.41) is 5.40. The number of hydrogen-bond donors (Lipinski definition) is 1. The van der Waals surface area contributed by atoms with Gasteiger partial charge in [-0.2, -0.15) is 0 Å². The number of carbonyl (C=O) groups excluding carboxylic acids is 1. The number of amides is 1. The summed E-state index contributed by atoms with van der Waals surface area (Å²) < 4.78 is 13.7. The summed E-state index contributed by atoms with van der Waals surface area (Å²) in [6.45, 7) is 9.91. The van der Waals surface area contributed by atoms with Gasteiger partial charge in [0.05, 0.1) is 23.6 Å². The van der Waals surface area contributed by atoms with E-state index in [0.717, 1.165) is 58.1 Å². The van der Waals surface area contributed by atoms with Crippen molar-refractivity contribution in [3.63, 3.8) is 0 Å². The van der Waals surface area contributed by atoms with Crippen LogP contribution in [0.5, 0.6) is 0 Å². The number of nitrogens with zero attached hydrogens (tertiary/aromatic N) is 5. The number of ether oxygens (including phenoxy) is 2. The van der Waals surface area contributed by atoms with Gasteiger partial charge in [-0.3, -0.25) is 9.38 Å². The third kappa shape index (κ3) is 5.03. The second-order valence-corrected chi connectivity index (χ2v) is 12.6. The number of anilines is 1. The Bertz CT molecular complexity index is 1500. The van der Waals surface area contributed by atoms with Crippen molar-refractivity contribution in [3.8, 4) is 0 Å². The summed E-state index contributed by atoms with van der Waals surface area (Å²) in [7, 11) is 0. The molecule has 39 heavy (non-hydrogen) atoms. The number of piperidine rings is 1. The van der Waals surface area contributed by atoms with Crippen molar-refractivity contribution < 1.29 is 14.3 Å². The summed E-state index contributed by atoms with van der Waals surface area (Å²) >= 11 is 1.64. The lowest BCUT2D eigenvalue weighted by Gasteiger charge is -2.43. The first-order valence-electron chi connectivity index (χ1n) is 13.4. The largest absolute Gasteiger partial charge is 0.444 e. The summed E-state index contributed by atoms with van der Waals surface area (Å²) in [6.07, 6.45) is 10.8. The van der Waals surface area contributed by atoms with Crippen molar-refractivity contribution in [1.29, 1.82) is 0 Å². The first-order chi connectivity index (χ1) is 18.7. The van der Waals surface area contributed by atoms with Gasteiger partial charge in [0, 0.05) is 59.8 Å². The Morgan fingerprint density at radius 1 is 1.13 bits per heavy atom. The van der Waals surface area contributed by atoms with Gasteiger partial charge in [-0.1, -0.05) is 36.0 Å². The highest BCUT2D eigenvalue weighted by molar-refractivity contribution is 7.99. The van der Waals surface area contributed by atoms with E-state index in [1.54, 1.807) is 11.8 Å². The molecule has 0 aliphatic carbocycles. The van der Waals surface area contributed by atoms with Gasteiger partial charge in [0.25, 0.3) is 0 Å². The average Bonchev–Trinajstić information content (AvgIpc) is 3.51. The molecule has 0 unspecified atom stereocenters. The van der Waals surface area contributed by atoms with Crippen LogP contribution in [0.3, 0.4) is 0 Å². The van der Waals surface area contributed by atoms with Crippen LogP contribution in [0.4, 0.5) is 10.7 Å². The molecular weight excluding hydrogens is 512 g/mol. The number of fused-ring (bicyclic) bond motifs is 2. The summed E-state index contributed by atoms with van der Waals surface area (Å²) in [6, 6.07) is 8.17. The number of rotatable bonds is 4. The third-order valence-corrected chi connectivity index (χ3v) is 8.76. The van der Waals surface area contributed by atoms with Crippen LogP contribution in [0.1, 0.15) is 40.5 Å². The van der Waals surface area contributed by atoms with Crippen molar-refractivity contribution in [3.05, 3.63) is 55.2 Å². The number of carbonyl (C=O) groups is 1. The number of imidazole rings is 1. The van der Waals surface area contributed by atoms with Crippen LogP contribution in [-0.2, 0) is 9.47 Å². The predicted octanol–water partition coefficient (Wildman–Crippen LogP) is 5.33. The van der Waals surface area contributed by atoms with E-state index in [2.05, 4.69) is 36.7 Å². The maximum atomic E-state index is 12.6. The van der Waals surface area contributed by atoms with E-state index in [1.807, 2.05) is 70.8 Å². The van der Waals surface area contributed by atoms with Crippen molar-refractivity contribution in [1.82, 2.24) is 24.7 Å². The molecule has 3 aromatic heterocycles. The SMILES string of the molecule is C[C@@H]1OCC2(CCN(c3ncc(Sc4cncc5ccccc45)c4nccn34)CC2)[C@@H]1NC(=O)OC(C)(C)C. The first-order valence-corrected chi connectivity index (χ1v) is 14.2. The molecular formula is C29H34N6O3S. The molecule has 0 bridgehead atoms. The molecule has 2 atom stereocenters. The fraction of sp³-hybridized carbons (Fsp3) is 0.448. The van der Waals surface area contributed by atoms with E-state index >= 15 is 0 Å². The number of aromatic nitrogens is 4. The molecule has 10 heteroatoms. The average molecular weight is 547 g/mol. The molecule has 1 N–H and O–H groups in total. The minimum absolute atomic E-state index is 0.0672. The lowest BCUT2D eigenvalue weighted by Crippen LogP contribution is -2.55. The van der Waals surface area contributed by atoms with Gasteiger partial charge in [-0.15, -0.1) is 0 Å². The molecule has 1 aromatic carbocycles. The molecule has 1 amide bonds. The standard InChI is InChI=1S/C29H34N6O3S/c1-19-24(33-27(36)38-28(2,3)4)29(18-37-19)9-12-34(13-10-29)26-32-17-23(25-31-11-14-35(25)26)39-22-16-30-15-20-7-5-6-8-21(20)22/h5-8,11,14-17,19,24H,9-10,12-13,18H2,1-4H3,(H,33,36)/t19-,24+/m0/s1. The Kier molecular flexibility index (Phi) is 6.63. The van der Waals surface area contributed by atoms with Crippen molar-refractivity contribution in [2.75, 3.05) is 24.6 Å². The fourth-order valence-electron chi connectivity index (χ4n) is 5.77. The zero-order valence-electron chi connectivity index (χ0n) is 22.8. The molecule has 2 saturated heterocycles. The van der Waals surface area contributed by atoms with Gasteiger partial charge >= 0.3 is 6.09 Å². The number of alkyl carbamates (subject to hydrolysis) is 1. The highest BCUT2D eigenvalue weighted by Crippen LogP contribution is 2.43. The fourth-order valence-corrected chi connectivity index (χ4v) is 6.77. The first kappa shape index (κ1) is 25.9. The Hall–Kier alpha value is -3.37. The molecule has 6 rings (SSSR count). The Morgan fingerprint density at radius 3 is 2.72 bits per heavy atom. The molecule has 5 heterocycles. The van der Waals surface area contributed by atoms with E-state index in [0.29, 0.717) is 6.61 Å². The highest BCUT2D eigenvalue weighted by Gasteiger charge is 2.50. The number of nitrogens with one attached hydrogen (secondary N) is 1. The maximum absolute atomic E-state index is 12.6. The minimum atomic E-state index is -0.542. The van der Waals surface area contributed by atoms with Crippen LogP contribution >= 0.6 is 11.8 Å². The monoisotopic (exact) mass is 546 g/mol. The molecule has 204 valence electrons. The van der Waals surface area contributed by atoms with Gasteiger partial charge in [0.15, 0.2) is 5.65 Å². The van der Waals surface area contributed by atoms with Gasteiger partial charge in [0.1, 0.15) is 5.60 Å². The van der Waals surface area contributed by atoms with E-state index in [9.17, 15) is 4.79 Å². The highest BCUT2D eigenvalue weighted by atomic mass is 32.2. The summed E-state index contributed by atoms with van der Waals surface area (Å²) in [4.78, 5) is 31.0. The summed E-state index contributed by atoms with van der Waals surface area (Å²) in [5.74, 6) is 0.876. The Morgan fingerprint density at radius 2 is 1.92 bits per heavy atom. The molecule has 2 aliphatic rings. The molecule has 0 saturated carbocycles. The van der Waals surface area contributed by atoms with Crippen LogP contribution in [-0.4, -0.2) is 62.9 Å². The number of benzene rings is 1. The van der Waals surface area contributed by atoms with Crippen LogP contribution in [0.15, 0.2) is 65.0 Å². The minimum Gasteiger partial charge on any atom is -0.444 e. The van der Waals surface area contributed by atoms with Gasteiger partial charge in [0.2, 0.25) is 5.95 Å². The van der Waals surface area contributed by atoms with E-state index in [1.165, 1.54) is 0 Å². The maximum Gasteiger partial charge on any atom is 0.407 e. The van der Waals surface area contributed by atoms with Gasteiger partial charge < -0.3 is 19.7 Å². The van der Waals surface area contributed by atoms with Crippen molar-refractivity contribution >= 4 is 40.2 Å². The normalized spacial score (nSPS) is 21.1. The second kappa shape index (κ2) is 9.98. The van der Waals surface area contributed by atoms with Crippen molar-refractivity contribution in [2.24, 2.45) is 5.41 Å². The van der Waals surface area contributed by atoms with Crippen LogP contribution in [0.2, 0.25) is 0 Å². The molecule has 2 aliphatic heterocycles. The topological polar surface area (TPSA) is 93.9 Å². The van der Waals surface area contributed by atoms with Gasteiger partial charge in [-0.05, 0) is 45.9 Å². The van der Waals surface area contributed by atoms with Crippen LogP contribution in [0.25, 0.3) is 16.4 Å². The van der Waals surface area contributed by atoms with Crippen LogP contribution < -0.4 is 10.2 Å². The number of hydrogen-bond acceptors (Lipinski definition) is 8. The zero-order chi connectivity index (χ0) is 27.2. The Labute approximate surface area is 232 Å². The quantitative estimate of drug-likeness (QED) is 0.367. The second-order valence-electron chi connectivity index (χ2n) is 11.5. The van der Waals surface area contributed by atoms with Crippen LogP contribution in [0, 0.1) is 5.41 Å². The molecule has 0 radical (unpaired) electrons. The lowest BCUT2D eigenvalue weighted by molar-refractivity contribution is 0.0434. The van der Waals surface area contributed by atoms with Crippen molar-refractivity contribution in [2.45, 2.75) is 68.1 Å². The molecule has 4 aromatic rings. The third-order valence-electron chi connectivity index (χ3n) is 7.70. The van der Waals surface area contributed by atoms with E-state index in [4.69, 9.17) is 14.5 Å². The van der Waals surface area contributed by atoms with E-state index in [-0.39, 0.29) is 23.7 Å². The van der Waals surface area contributed by atoms with Gasteiger partial charge in [-0.25, -0.2) is 14.8 Å². The summed E-state index contributed by atoms with van der Waals surface area (Å²) in [5.41, 5.74) is 0.207. The molecule has 1 spiro atoms. The molecule has 2 fully saturated rings. The number of pyridine rings is 1.